The van der Waals surface area contributed by atoms with E-state index in [1.807, 2.05) is 12.1 Å². The smallest absolute Gasteiger partial charge is 0.125 e. The van der Waals surface area contributed by atoms with Crippen LogP contribution in [0.15, 0.2) is 46.9 Å². The summed E-state index contributed by atoms with van der Waals surface area (Å²) >= 11 is 3.25. The standard InChI is InChI=1S/C14H12BrFO2/c1-18-13-5-3-2-4-11(13)14(17)10-7-6-9(16)8-12(10)15/h2-8,14,17H,1H3. The Morgan fingerprint density at radius 1 is 1.17 bits per heavy atom. The van der Waals surface area contributed by atoms with Crippen LogP contribution in [0.3, 0.4) is 0 Å². The molecular weight excluding hydrogens is 299 g/mol. The highest BCUT2D eigenvalue weighted by atomic mass is 79.9. The molecule has 0 aliphatic carbocycles. The average molecular weight is 311 g/mol. The van der Waals surface area contributed by atoms with Crippen molar-refractivity contribution in [1.29, 1.82) is 0 Å². The van der Waals surface area contributed by atoms with Crippen LogP contribution in [0.1, 0.15) is 17.2 Å². The van der Waals surface area contributed by atoms with Crippen molar-refractivity contribution in [1.82, 2.24) is 0 Å². The summed E-state index contributed by atoms with van der Waals surface area (Å²) in [6.07, 6.45) is -0.865. The summed E-state index contributed by atoms with van der Waals surface area (Å²) in [4.78, 5) is 0. The van der Waals surface area contributed by atoms with Crippen molar-refractivity contribution in [3.63, 3.8) is 0 Å². The van der Waals surface area contributed by atoms with Crippen molar-refractivity contribution in [2.75, 3.05) is 7.11 Å². The van der Waals surface area contributed by atoms with Gasteiger partial charge in [0.15, 0.2) is 0 Å². The molecule has 0 saturated heterocycles. The van der Waals surface area contributed by atoms with Gasteiger partial charge in [-0.1, -0.05) is 40.2 Å². The zero-order valence-electron chi connectivity index (χ0n) is 9.73. The van der Waals surface area contributed by atoms with Crippen LogP contribution in [0.2, 0.25) is 0 Å². The molecule has 2 aromatic carbocycles. The molecule has 94 valence electrons. The highest BCUT2D eigenvalue weighted by Gasteiger charge is 2.17. The van der Waals surface area contributed by atoms with E-state index in [0.717, 1.165) is 0 Å². The van der Waals surface area contributed by atoms with Crippen LogP contribution in [0.25, 0.3) is 0 Å². The van der Waals surface area contributed by atoms with Gasteiger partial charge < -0.3 is 9.84 Å². The van der Waals surface area contributed by atoms with Crippen LogP contribution >= 0.6 is 15.9 Å². The molecule has 4 heteroatoms. The molecule has 1 N–H and O–H groups in total. The number of hydrogen-bond acceptors (Lipinski definition) is 2. The molecule has 1 unspecified atom stereocenters. The molecule has 0 aliphatic heterocycles. The fraction of sp³-hybridized carbons (Fsp3) is 0.143. The number of rotatable bonds is 3. The van der Waals surface area contributed by atoms with Gasteiger partial charge in [0.05, 0.1) is 7.11 Å². The predicted molar refractivity (Wildman–Crippen MR) is 71.2 cm³/mol. The maximum absolute atomic E-state index is 13.0. The first-order chi connectivity index (χ1) is 8.63. The highest BCUT2D eigenvalue weighted by molar-refractivity contribution is 9.10. The summed E-state index contributed by atoms with van der Waals surface area (Å²) in [5.41, 5.74) is 1.24. The number of methoxy groups -OCH3 is 1. The lowest BCUT2D eigenvalue weighted by Crippen LogP contribution is -2.03. The maximum atomic E-state index is 13.0. The Morgan fingerprint density at radius 2 is 1.89 bits per heavy atom. The van der Waals surface area contributed by atoms with Crippen molar-refractivity contribution in [3.05, 3.63) is 63.9 Å². The Bertz CT molecular complexity index is 557. The topological polar surface area (TPSA) is 29.5 Å². The molecule has 0 fully saturated rings. The molecule has 18 heavy (non-hydrogen) atoms. The third-order valence-corrected chi connectivity index (χ3v) is 3.38. The number of benzene rings is 2. The molecule has 2 nitrogen and oxygen atoms in total. The van der Waals surface area contributed by atoms with Gasteiger partial charge in [0.1, 0.15) is 17.7 Å². The Morgan fingerprint density at radius 3 is 2.56 bits per heavy atom. The van der Waals surface area contributed by atoms with Gasteiger partial charge in [0.2, 0.25) is 0 Å². The van der Waals surface area contributed by atoms with E-state index in [1.165, 1.54) is 12.1 Å². The van der Waals surface area contributed by atoms with E-state index in [2.05, 4.69) is 15.9 Å². The van der Waals surface area contributed by atoms with E-state index >= 15 is 0 Å². The van der Waals surface area contributed by atoms with Gasteiger partial charge in [-0.05, 0) is 23.8 Å². The van der Waals surface area contributed by atoms with Crippen molar-refractivity contribution in [2.45, 2.75) is 6.10 Å². The minimum Gasteiger partial charge on any atom is -0.496 e. The summed E-state index contributed by atoms with van der Waals surface area (Å²) in [5.74, 6) is 0.249. The lowest BCUT2D eigenvalue weighted by molar-refractivity contribution is 0.214. The first kappa shape index (κ1) is 13.1. The first-order valence-electron chi connectivity index (χ1n) is 5.39. The summed E-state index contributed by atoms with van der Waals surface area (Å²) < 4.78 is 18.8. The fourth-order valence-electron chi connectivity index (χ4n) is 1.78. The van der Waals surface area contributed by atoms with Crippen LogP contribution in [0, 0.1) is 5.82 Å². The molecule has 0 aliphatic rings. The van der Waals surface area contributed by atoms with Crippen molar-refractivity contribution in [2.24, 2.45) is 0 Å². The van der Waals surface area contributed by atoms with Crippen molar-refractivity contribution >= 4 is 15.9 Å². The number of ether oxygens (including phenoxy) is 1. The Hall–Kier alpha value is -1.39. The third kappa shape index (κ3) is 2.54. The number of hydrogen-bond donors (Lipinski definition) is 1. The minimum atomic E-state index is -0.865. The maximum Gasteiger partial charge on any atom is 0.125 e. The second-order valence-electron chi connectivity index (χ2n) is 3.81. The quantitative estimate of drug-likeness (QED) is 0.937. The third-order valence-electron chi connectivity index (χ3n) is 2.69. The molecule has 0 bridgehead atoms. The van der Waals surface area contributed by atoms with E-state index in [1.54, 1.807) is 25.3 Å². The first-order valence-corrected chi connectivity index (χ1v) is 6.18. The van der Waals surface area contributed by atoms with Crippen LogP contribution < -0.4 is 4.74 Å². The molecule has 1 atom stereocenters. The van der Waals surface area contributed by atoms with Crippen LogP contribution in [0.5, 0.6) is 5.75 Å². The Labute approximate surface area is 113 Å². The number of halogens is 2. The monoisotopic (exact) mass is 310 g/mol. The Balaban J connectivity index is 2.44. The van der Waals surface area contributed by atoms with Gasteiger partial charge in [-0.15, -0.1) is 0 Å². The molecule has 0 saturated carbocycles. The lowest BCUT2D eigenvalue weighted by atomic mass is 10.0. The molecular formula is C14H12BrFO2. The number of aliphatic hydroxyl groups excluding tert-OH is 1. The van der Waals surface area contributed by atoms with Gasteiger partial charge in [-0.3, -0.25) is 0 Å². The molecule has 0 heterocycles. The van der Waals surface area contributed by atoms with Crippen LogP contribution in [-0.4, -0.2) is 12.2 Å². The summed E-state index contributed by atoms with van der Waals surface area (Å²) in [6.45, 7) is 0. The zero-order chi connectivity index (χ0) is 13.1. The average Bonchev–Trinajstić information content (AvgIpc) is 2.38. The lowest BCUT2D eigenvalue weighted by Gasteiger charge is -2.16. The van der Waals surface area contributed by atoms with E-state index in [9.17, 15) is 9.50 Å². The van der Waals surface area contributed by atoms with Gasteiger partial charge in [0, 0.05) is 10.0 Å². The highest BCUT2D eigenvalue weighted by Crippen LogP contribution is 2.33. The molecule has 0 aromatic heterocycles. The van der Waals surface area contributed by atoms with E-state index in [4.69, 9.17) is 4.74 Å². The van der Waals surface area contributed by atoms with Gasteiger partial charge in [-0.2, -0.15) is 0 Å². The van der Waals surface area contributed by atoms with E-state index in [0.29, 0.717) is 21.3 Å². The fourth-order valence-corrected chi connectivity index (χ4v) is 2.35. The van der Waals surface area contributed by atoms with E-state index < -0.39 is 6.10 Å². The second kappa shape index (κ2) is 5.50. The van der Waals surface area contributed by atoms with Gasteiger partial charge >= 0.3 is 0 Å². The Kier molecular flexibility index (Phi) is 3.99. The van der Waals surface area contributed by atoms with E-state index in [-0.39, 0.29) is 5.82 Å². The molecule has 2 rings (SSSR count). The summed E-state index contributed by atoms with van der Waals surface area (Å²) in [6, 6.07) is 11.4. The largest absolute Gasteiger partial charge is 0.496 e. The van der Waals surface area contributed by atoms with Gasteiger partial charge in [-0.25, -0.2) is 4.39 Å². The summed E-state index contributed by atoms with van der Waals surface area (Å²) in [7, 11) is 1.55. The number of para-hydroxylation sites is 1. The molecule has 0 amide bonds. The van der Waals surface area contributed by atoms with Crippen LogP contribution in [-0.2, 0) is 0 Å². The normalized spacial score (nSPS) is 12.2. The predicted octanol–water partition coefficient (Wildman–Crippen LogP) is 3.68. The zero-order valence-corrected chi connectivity index (χ0v) is 11.3. The summed E-state index contributed by atoms with van der Waals surface area (Å²) in [5, 5.41) is 10.3. The molecule has 0 radical (unpaired) electrons. The number of aliphatic hydroxyl groups is 1. The van der Waals surface area contributed by atoms with Crippen molar-refractivity contribution < 1.29 is 14.2 Å². The minimum absolute atomic E-state index is 0.349. The second-order valence-corrected chi connectivity index (χ2v) is 4.66. The van der Waals surface area contributed by atoms with Crippen LogP contribution in [0.4, 0.5) is 4.39 Å². The SMILES string of the molecule is COc1ccccc1C(O)c1ccc(F)cc1Br. The molecule has 2 aromatic rings. The van der Waals surface area contributed by atoms with Gasteiger partial charge in [0.25, 0.3) is 0 Å². The van der Waals surface area contributed by atoms with Crippen molar-refractivity contribution in [3.8, 4) is 5.75 Å². The molecule has 0 spiro atoms.